The predicted molar refractivity (Wildman–Crippen MR) is 94.4 cm³/mol. The van der Waals surface area contributed by atoms with E-state index in [0.717, 1.165) is 17.8 Å². The number of nitrogens with two attached hydrogens (primary N) is 1. The largest absolute Gasteiger partial charge is 0.366 e. The number of pyridine rings is 2. The Kier molecular flexibility index (Phi) is 3.72. The quantitative estimate of drug-likeness (QED) is 0.576. The standard InChI is InChI=1S/C18H13F2N5O2/c1-8-2-3-10-15-14(6-22-17(10)23-8)24-18(27)25(15)7-11-12(19)4-9(16(21)26)5-13(11)20/h2-6H,7H2,1H3,(H2,21,26)(H,24,27). The van der Waals surface area contributed by atoms with Gasteiger partial charge in [-0.3, -0.25) is 9.36 Å². The summed E-state index contributed by atoms with van der Waals surface area (Å²) in [6.45, 7) is 1.43. The van der Waals surface area contributed by atoms with E-state index < -0.39 is 23.2 Å². The fourth-order valence-corrected chi connectivity index (χ4v) is 3.03. The maximum absolute atomic E-state index is 14.4. The van der Waals surface area contributed by atoms with Crippen molar-refractivity contribution in [3.63, 3.8) is 0 Å². The average molecular weight is 369 g/mol. The highest BCUT2D eigenvalue weighted by molar-refractivity contribution is 6.00. The molecule has 1 amide bonds. The number of nitrogens with one attached hydrogen (secondary N) is 1. The zero-order chi connectivity index (χ0) is 19.3. The van der Waals surface area contributed by atoms with E-state index in [1.807, 2.05) is 0 Å². The molecule has 0 aliphatic carbocycles. The van der Waals surface area contributed by atoms with Crippen molar-refractivity contribution in [3.05, 3.63) is 69.4 Å². The number of aryl methyl sites for hydroxylation is 1. The number of nitrogens with zero attached hydrogens (tertiary/aromatic N) is 3. The van der Waals surface area contributed by atoms with Gasteiger partial charge in [0.25, 0.3) is 0 Å². The molecule has 0 aliphatic heterocycles. The van der Waals surface area contributed by atoms with E-state index in [0.29, 0.717) is 22.1 Å². The van der Waals surface area contributed by atoms with Gasteiger partial charge in [0.05, 0.1) is 23.8 Å². The number of halogens is 2. The SMILES string of the molecule is Cc1ccc2c(ncc3[nH]c(=O)n(Cc4c(F)cc(C(N)=O)cc4F)c32)n1. The van der Waals surface area contributed by atoms with E-state index >= 15 is 0 Å². The summed E-state index contributed by atoms with van der Waals surface area (Å²) in [5.41, 5.74) is 5.91. The van der Waals surface area contributed by atoms with Crippen molar-refractivity contribution in [2.75, 3.05) is 0 Å². The number of rotatable bonds is 3. The highest BCUT2D eigenvalue weighted by atomic mass is 19.1. The Morgan fingerprint density at radius 1 is 1.26 bits per heavy atom. The van der Waals surface area contributed by atoms with Crippen LogP contribution in [0.4, 0.5) is 8.78 Å². The number of carbonyl (C=O) groups excluding carboxylic acids is 1. The first-order valence-corrected chi connectivity index (χ1v) is 7.97. The number of aromatic amines is 1. The molecule has 7 nitrogen and oxygen atoms in total. The molecule has 0 bridgehead atoms. The summed E-state index contributed by atoms with van der Waals surface area (Å²) >= 11 is 0. The first kappa shape index (κ1) is 16.8. The van der Waals surface area contributed by atoms with E-state index in [9.17, 15) is 18.4 Å². The monoisotopic (exact) mass is 369 g/mol. The fraction of sp³-hybridized carbons (Fsp3) is 0.111. The van der Waals surface area contributed by atoms with Crippen LogP contribution in [0.15, 0.2) is 35.3 Å². The zero-order valence-corrected chi connectivity index (χ0v) is 14.1. The van der Waals surface area contributed by atoms with Crippen molar-refractivity contribution in [1.29, 1.82) is 0 Å². The lowest BCUT2D eigenvalue weighted by Gasteiger charge is -2.09. The molecule has 4 rings (SSSR count). The lowest BCUT2D eigenvalue weighted by molar-refractivity contribution is 0.0999. The Hall–Kier alpha value is -3.62. The molecule has 0 radical (unpaired) electrons. The molecule has 136 valence electrons. The lowest BCUT2D eigenvalue weighted by atomic mass is 10.1. The van der Waals surface area contributed by atoms with E-state index in [1.165, 1.54) is 10.8 Å². The van der Waals surface area contributed by atoms with Crippen molar-refractivity contribution in [2.45, 2.75) is 13.5 Å². The molecule has 4 aromatic rings. The Labute approximate surface area is 150 Å². The van der Waals surface area contributed by atoms with Crippen molar-refractivity contribution < 1.29 is 13.6 Å². The summed E-state index contributed by atoms with van der Waals surface area (Å²) < 4.78 is 29.9. The van der Waals surface area contributed by atoms with E-state index in [1.54, 1.807) is 19.1 Å². The predicted octanol–water partition coefficient (Wildman–Crippen LogP) is 2.01. The third-order valence-electron chi connectivity index (χ3n) is 4.34. The molecule has 9 heteroatoms. The second-order valence-corrected chi connectivity index (χ2v) is 6.14. The molecule has 3 N–H and O–H groups in total. The smallest absolute Gasteiger partial charge is 0.326 e. The molecule has 0 saturated heterocycles. The normalized spacial score (nSPS) is 11.4. The van der Waals surface area contributed by atoms with Gasteiger partial charge in [-0.15, -0.1) is 0 Å². The fourth-order valence-electron chi connectivity index (χ4n) is 3.03. The summed E-state index contributed by atoms with van der Waals surface area (Å²) in [6.07, 6.45) is 1.45. The maximum atomic E-state index is 14.4. The third kappa shape index (κ3) is 2.73. The van der Waals surface area contributed by atoms with Crippen LogP contribution in [-0.2, 0) is 6.54 Å². The maximum Gasteiger partial charge on any atom is 0.326 e. The number of primary amides is 1. The summed E-state index contributed by atoms with van der Waals surface area (Å²) in [7, 11) is 0. The number of hydrogen-bond acceptors (Lipinski definition) is 4. The van der Waals surface area contributed by atoms with E-state index in [2.05, 4.69) is 15.0 Å². The van der Waals surface area contributed by atoms with E-state index in [-0.39, 0.29) is 17.7 Å². The molecular formula is C18H13F2N5O2. The summed E-state index contributed by atoms with van der Waals surface area (Å²) in [5, 5.41) is 0.575. The molecule has 0 fully saturated rings. The average Bonchev–Trinajstić information content (AvgIpc) is 2.93. The Morgan fingerprint density at radius 2 is 1.96 bits per heavy atom. The van der Waals surface area contributed by atoms with Crippen LogP contribution in [0, 0.1) is 18.6 Å². The van der Waals surface area contributed by atoms with Crippen LogP contribution in [0.2, 0.25) is 0 Å². The third-order valence-corrected chi connectivity index (χ3v) is 4.34. The van der Waals surface area contributed by atoms with Crippen molar-refractivity contribution in [1.82, 2.24) is 19.5 Å². The minimum absolute atomic E-state index is 0.283. The minimum Gasteiger partial charge on any atom is -0.366 e. The second-order valence-electron chi connectivity index (χ2n) is 6.14. The van der Waals surface area contributed by atoms with Gasteiger partial charge in [-0.2, -0.15) is 0 Å². The lowest BCUT2D eigenvalue weighted by Crippen LogP contribution is -2.20. The summed E-state index contributed by atoms with van der Waals surface area (Å²) in [5.74, 6) is -2.86. The number of aromatic nitrogens is 4. The second kappa shape index (κ2) is 5.97. The van der Waals surface area contributed by atoms with Gasteiger partial charge in [0.15, 0.2) is 5.65 Å². The number of hydrogen-bond donors (Lipinski definition) is 2. The molecule has 3 aromatic heterocycles. The van der Waals surface area contributed by atoms with Crippen LogP contribution >= 0.6 is 0 Å². The van der Waals surface area contributed by atoms with Gasteiger partial charge < -0.3 is 10.7 Å². The van der Waals surface area contributed by atoms with Crippen LogP contribution in [-0.4, -0.2) is 25.4 Å². The van der Waals surface area contributed by atoms with Crippen LogP contribution in [0.1, 0.15) is 21.6 Å². The van der Waals surface area contributed by atoms with Crippen LogP contribution < -0.4 is 11.4 Å². The molecule has 3 heterocycles. The van der Waals surface area contributed by atoms with E-state index in [4.69, 9.17) is 5.73 Å². The molecular weight excluding hydrogens is 356 g/mol. The number of fused-ring (bicyclic) bond motifs is 3. The summed E-state index contributed by atoms with van der Waals surface area (Å²) in [4.78, 5) is 34.7. The topological polar surface area (TPSA) is 107 Å². The highest BCUT2D eigenvalue weighted by Gasteiger charge is 2.18. The van der Waals surface area contributed by atoms with Crippen molar-refractivity contribution in [2.24, 2.45) is 5.73 Å². The number of carbonyl (C=O) groups is 1. The van der Waals surface area contributed by atoms with Crippen LogP contribution in [0.3, 0.4) is 0 Å². The van der Waals surface area contributed by atoms with Gasteiger partial charge in [-0.1, -0.05) is 0 Å². The summed E-state index contributed by atoms with van der Waals surface area (Å²) in [6, 6.07) is 5.21. The van der Waals surface area contributed by atoms with Gasteiger partial charge in [0, 0.05) is 22.2 Å². The van der Waals surface area contributed by atoms with Crippen molar-refractivity contribution >= 4 is 28.0 Å². The Balaban J connectivity index is 1.94. The highest BCUT2D eigenvalue weighted by Crippen LogP contribution is 2.23. The van der Waals surface area contributed by atoms with Gasteiger partial charge in [0.1, 0.15) is 11.6 Å². The zero-order valence-electron chi connectivity index (χ0n) is 14.1. The van der Waals surface area contributed by atoms with Gasteiger partial charge in [-0.05, 0) is 31.2 Å². The number of H-pyrrole nitrogens is 1. The molecule has 27 heavy (non-hydrogen) atoms. The molecule has 0 saturated carbocycles. The molecule has 0 atom stereocenters. The molecule has 1 aromatic carbocycles. The molecule has 0 spiro atoms. The minimum atomic E-state index is -0.961. The van der Waals surface area contributed by atoms with Gasteiger partial charge >= 0.3 is 5.69 Å². The number of amides is 1. The van der Waals surface area contributed by atoms with Gasteiger partial charge in [-0.25, -0.2) is 23.5 Å². The Bertz CT molecular complexity index is 1270. The Morgan fingerprint density at radius 3 is 2.63 bits per heavy atom. The first-order chi connectivity index (χ1) is 12.8. The number of imidazole rings is 1. The van der Waals surface area contributed by atoms with Crippen LogP contribution in [0.25, 0.3) is 22.1 Å². The molecule has 0 aliphatic rings. The van der Waals surface area contributed by atoms with Gasteiger partial charge in [0.2, 0.25) is 5.91 Å². The van der Waals surface area contributed by atoms with Crippen LogP contribution in [0.5, 0.6) is 0 Å². The molecule has 0 unspecified atom stereocenters. The van der Waals surface area contributed by atoms with Crippen molar-refractivity contribution in [3.8, 4) is 0 Å². The number of benzene rings is 1. The first-order valence-electron chi connectivity index (χ1n) is 7.97.